The number of hydrogen-bond donors (Lipinski definition) is 0. The molecule has 7 heteroatoms. The van der Waals surface area contributed by atoms with E-state index in [0.29, 0.717) is 6.54 Å². The zero-order valence-electron chi connectivity index (χ0n) is 15.2. The summed E-state index contributed by atoms with van der Waals surface area (Å²) >= 11 is 1.52. The Morgan fingerprint density at radius 1 is 1.15 bits per heavy atom. The number of sulfone groups is 1. The molecule has 0 spiro atoms. The second kappa shape index (κ2) is 6.95. The summed E-state index contributed by atoms with van der Waals surface area (Å²) < 4.78 is 37.2. The second-order valence-electron chi connectivity index (χ2n) is 7.20. The van der Waals surface area contributed by atoms with Crippen molar-refractivity contribution < 1.29 is 12.8 Å². The Balaban J connectivity index is 1.69. The summed E-state index contributed by atoms with van der Waals surface area (Å²) in [5.74, 6) is 0.0136. The molecule has 4 rings (SSSR count). The van der Waals surface area contributed by atoms with Crippen LogP contribution in [-0.4, -0.2) is 36.4 Å². The fraction of sp³-hybridized carbons (Fsp3) is 0.350. The molecular weight excluding hydrogens is 383 g/mol. The first-order valence-electron chi connectivity index (χ1n) is 8.85. The monoisotopic (exact) mass is 404 g/mol. The van der Waals surface area contributed by atoms with Crippen LogP contribution in [0.4, 0.5) is 10.1 Å². The molecule has 1 fully saturated rings. The molecular formula is C20H21FN2O2S2. The Labute approximate surface area is 163 Å². The summed E-state index contributed by atoms with van der Waals surface area (Å²) in [6, 6.07) is 12.5. The average molecular weight is 405 g/mol. The highest BCUT2D eigenvalue weighted by Gasteiger charge is 2.44. The quantitative estimate of drug-likeness (QED) is 0.782. The van der Waals surface area contributed by atoms with Gasteiger partial charge >= 0.3 is 0 Å². The number of halogens is 1. The van der Waals surface area contributed by atoms with Gasteiger partial charge in [-0.05, 0) is 49.2 Å². The van der Waals surface area contributed by atoms with Crippen LogP contribution in [0.5, 0.6) is 0 Å². The lowest BCUT2D eigenvalue weighted by molar-refractivity contribution is 0.601. The van der Waals surface area contributed by atoms with Crippen molar-refractivity contribution in [3.05, 3.63) is 65.0 Å². The molecule has 0 aromatic heterocycles. The van der Waals surface area contributed by atoms with Gasteiger partial charge in [-0.3, -0.25) is 4.99 Å². The van der Waals surface area contributed by atoms with E-state index < -0.39 is 9.84 Å². The molecule has 2 aromatic rings. The molecule has 0 aliphatic carbocycles. The highest BCUT2D eigenvalue weighted by atomic mass is 32.2. The molecule has 0 bridgehead atoms. The van der Waals surface area contributed by atoms with Crippen molar-refractivity contribution in [3.63, 3.8) is 0 Å². The zero-order valence-corrected chi connectivity index (χ0v) is 16.9. The summed E-state index contributed by atoms with van der Waals surface area (Å²) in [7, 11) is -2.99. The van der Waals surface area contributed by atoms with Gasteiger partial charge in [0.2, 0.25) is 0 Å². The van der Waals surface area contributed by atoms with Crippen molar-refractivity contribution in [1.82, 2.24) is 0 Å². The number of anilines is 1. The molecule has 0 amide bonds. The van der Waals surface area contributed by atoms with Gasteiger partial charge in [-0.1, -0.05) is 35.5 Å². The number of amidine groups is 1. The maximum absolute atomic E-state index is 13.4. The first kappa shape index (κ1) is 18.5. The average Bonchev–Trinajstić information content (AvgIpc) is 3.10. The minimum atomic E-state index is -2.99. The summed E-state index contributed by atoms with van der Waals surface area (Å²) in [4.78, 5) is 6.79. The van der Waals surface area contributed by atoms with Crippen molar-refractivity contribution in [2.75, 3.05) is 16.4 Å². The van der Waals surface area contributed by atoms with Crippen LogP contribution in [0.15, 0.2) is 47.5 Å². The minimum Gasteiger partial charge on any atom is -0.317 e. The number of thioether (sulfide) groups is 1. The molecule has 2 atom stereocenters. The molecule has 0 N–H and O–H groups in total. The largest absolute Gasteiger partial charge is 0.317 e. The predicted octanol–water partition coefficient (Wildman–Crippen LogP) is 3.72. The molecule has 2 aromatic carbocycles. The first-order chi connectivity index (χ1) is 12.8. The van der Waals surface area contributed by atoms with Crippen molar-refractivity contribution >= 4 is 32.5 Å². The third-order valence-corrected chi connectivity index (χ3v) is 8.25. The van der Waals surface area contributed by atoms with Gasteiger partial charge in [0.1, 0.15) is 5.82 Å². The number of aliphatic imine (C=N–C) groups is 1. The lowest BCUT2D eigenvalue weighted by Gasteiger charge is -2.26. The highest BCUT2D eigenvalue weighted by molar-refractivity contribution is 8.15. The summed E-state index contributed by atoms with van der Waals surface area (Å²) in [6.45, 7) is 4.74. The van der Waals surface area contributed by atoms with E-state index in [-0.39, 0.29) is 28.6 Å². The minimum absolute atomic E-state index is 0.0217. The van der Waals surface area contributed by atoms with E-state index in [9.17, 15) is 12.8 Å². The number of rotatable bonds is 3. The summed E-state index contributed by atoms with van der Waals surface area (Å²) in [6.07, 6.45) is 0. The van der Waals surface area contributed by atoms with Crippen LogP contribution in [0, 0.1) is 19.7 Å². The van der Waals surface area contributed by atoms with E-state index in [2.05, 4.69) is 36.9 Å². The van der Waals surface area contributed by atoms with E-state index in [1.54, 1.807) is 12.1 Å². The normalized spacial score (nSPS) is 23.1. The fourth-order valence-electron chi connectivity index (χ4n) is 3.50. The Kier molecular flexibility index (Phi) is 4.76. The highest BCUT2D eigenvalue weighted by Crippen LogP contribution is 2.37. The zero-order chi connectivity index (χ0) is 19.2. The van der Waals surface area contributed by atoms with Crippen LogP contribution in [0.1, 0.15) is 16.7 Å². The lowest BCUT2D eigenvalue weighted by Crippen LogP contribution is -2.28. The Morgan fingerprint density at radius 3 is 2.59 bits per heavy atom. The Bertz CT molecular complexity index is 1000. The number of benzene rings is 2. The molecule has 0 radical (unpaired) electrons. The molecule has 0 saturated carbocycles. The van der Waals surface area contributed by atoms with Crippen LogP contribution in [0.2, 0.25) is 0 Å². The summed E-state index contributed by atoms with van der Waals surface area (Å²) in [5.41, 5.74) is 4.39. The summed E-state index contributed by atoms with van der Waals surface area (Å²) in [5, 5.41) is 0.791. The molecule has 2 heterocycles. The van der Waals surface area contributed by atoms with Crippen molar-refractivity contribution in [3.8, 4) is 0 Å². The first-order valence-corrected chi connectivity index (χ1v) is 11.5. The fourth-order valence-corrected chi connectivity index (χ4v) is 7.28. The maximum atomic E-state index is 13.4. The van der Waals surface area contributed by atoms with Gasteiger partial charge < -0.3 is 4.90 Å². The van der Waals surface area contributed by atoms with E-state index in [0.717, 1.165) is 10.9 Å². The van der Waals surface area contributed by atoms with E-state index in [4.69, 9.17) is 4.99 Å². The number of aryl methyl sites for hydroxylation is 2. The molecule has 27 heavy (non-hydrogen) atoms. The maximum Gasteiger partial charge on any atom is 0.164 e. The molecule has 142 valence electrons. The third-order valence-electron chi connectivity index (χ3n) is 5.01. The van der Waals surface area contributed by atoms with Gasteiger partial charge in [0.15, 0.2) is 15.0 Å². The number of fused-ring (bicyclic) bond motifs is 1. The van der Waals surface area contributed by atoms with Gasteiger partial charge in [0.25, 0.3) is 0 Å². The molecule has 2 aliphatic heterocycles. The third kappa shape index (κ3) is 3.89. The lowest BCUT2D eigenvalue weighted by atomic mass is 10.1. The predicted molar refractivity (Wildman–Crippen MR) is 110 cm³/mol. The van der Waals surface area contributed by atoms with Gasteiger partial charge in [-0.2, -0.15) is 0 Å². The molecule has 4 nitrogen and oxygen atoms in total. The molecule has 1 saturated heterocycles. The van der Waals surface area contributed by atoms with E-state index in [1.165, 1.54) is 40.6 Å². The van der Waals surface area contributed by atoms with Crippen molar-refractivity contribution in [2.45, 2.75) is 31.7 Å². The van der Waals surface area contributed by atoms with Crippen molar-refractivity contribution in [1.29, 1.82) is 0 Å². The van der Waals surface area contributed by atoms with Crippen LogP contribution in [0.25, 0.3) is 0 Å². The number of hydrogen-bond acceptors (Lipinski definition) is 5. The van der Waals surface area contributed by atoms with Crippen molar-refractivity contribution in [2.24, 2.45) is 4.99 Å². The second-order valence-corrected chi connectivity index (χ2v) is 10.6. The molecule has 0 unspecified atom stereocenters. The van der Waals surface area contributed by atoms with Gasteiger partial charge in [0.05, 0.1) is 24.1 Å². The van der Waals surface area contributed by atoms with Crippen LogP contribution in [-0.2, 0) is 16.4 Å². The Hall–Kier alpha value is -1.86. The van der Waals surface area contributed by atoms with E-state index in [1.807, 2.05) is 0 Å². The molecule has 2 aliphatic rings. The standard InChI is InChI=1S/C20H21FN2O2S2/c1-13-3-4-14(2)15(9-13)10-23(17-7-5-16(21)6-8-17)20-22-18-11-27(24,25)12-19(18)26-20/h3-9,18-19H,10-12H2,1-2H3/t18-,19-/m0/s1. The smallest absolute Gasteiger partial charge is 0.164 e. The topological polar surface area (TPSA) is 49.7 Å². The Morgan fingerprint density at radius 2 is 1.89 bits per heavy atom. The van der Waals surface area contributed by atoms with Gasteiger partial charge in [0, 0.05) is 10.9 Å². The van der Waals surface area contributed by atoms with Gasteiger partial charge in [-0.15, -0.1) is 0 Å². The van der Waals surface area contributed by atoms with Crippen LogP contribution >= 0.6 is 11.8 Å². The SMILES string of the molecule is Cc1ccc(C)c(CN(C2=N[C@H]3CS(=O)(=O)C[C@@H]3S2)c2ccc(F)cc2)c1. The number of nitrogens with zero attached hydrogens (tertiary/aromatic N) is 2. The van der Waals surface area contributed by atoms with Crippen LogP contribution < -0.4 is 4.90 Å². The van der Waals surface area contributed by atoms with E-state index >= 15 is 0 Å². The van der Waals surface area contributed by atoms with Crippen LogP contribution in [0.3, 0.4) is 0 Å². The van der Waals surface area contributed by atoms with Gasteiger partial charge in [-0.25, -0.2) is 12.8 Å².